The number of benzene rings is 2. The number of ether oxygens (including phenoxy) is 1. The Morgan fingerprint density at radius 3 is 2.89 bits per heavy atom. The minimum atomic E-state index is -0.594. The van der Waals surface area contributed by atoms with Gasteiger partial charge in [-0.1, -0.05) is 28.1 Å². The van der Waals surface area contributed by atoms with Gasteiger partial charge in [0.1, 0.15) is 11.9 Å². The molecule has 0 saturated carbocycles. The summed E-state index contributed by atoms with van der Waals surface area (Å²) in [6, 6.07) is 11.9. The first kappa shape index (κ1) is 12.7. The van der Waals surface area contributed by atoms with Gasteiger partial charge in [-0.2, -0.15) is 0 Å². The summed E-state index contributed by atoms with van der Waals surface area (Å²) in [4.78, 5) is 0. The Morgan fingerprint density at radius 1 is 1.21 bits per heavy atom. The SMILES string of the molecule is Cc1ccc(Br)cc1C(O)c1ccc2c(c1)CCO2. The van der Waals surface area contributed by atoms with E-state index in [1.165, 1.54) is 5.56 Å². The first-order valence-electron chi connectivity index (χ1n) is 6.35. The van der Waals surface area contributed by atoms with Gasteiger partial charge >= 0.3 is 0 Å². The zero-order valence-electron chi connectivity index (χ0n) is 10.7. The highest BCUT2D eigenvalue weighted by molar-refractivity contribution is 9.10. The average Bonchev–Trinajstić information content (AvgIpc) is 2.88. The Balaban J connectivity index is 1.99. The molecule has 0 saturated heterocycles. The van der Waals surface area contributed by atoms with Crippen molar-refractivity contribution in [2.45, 2.75) is 19.4 Å². The molecule has 3 rings (SSSR count). The van der Waals surface area contributed by atoms with Crippen LogP contribution >= 0.6 is 15.9 Å². The maximum Gasteiger partial charge on any atom is 0.122 e. The number of halogens is 1. The molecule has 1 heterocycles. The zero-order valence-corrected chi connectivity index (χ0v) is 12.3. The number of hydrogen-bond donors (Lipinski definition) is 1. The molecule has 1 aliphatic rings. The van der Waals surface area contributed by atoms with Crippen LogP contribution < -0.4 is 4.74 Å². The number of aliphatic hydroxyl groups excluding tert-OH is 1. The van der Waals surface area contributed by atoms with Crippen LogP contribution in [-0.2, 0) is 6.42 Å². The van der Waals surface area contributed by atoms with Crippen LogP contribution in [0.25, 0.3) is 0 Å². The summed E-state index contributed by atoms with van der Waals surface area (Å²) < 4.78 is 6.48. The highest BCUT2D eigenvalue weighted by atomic mass is 79.9. The van der Waals surface area contributed by atoms with Crippen molar-refractivity contribution in [3.8, 4) is 5.75 Å². The van der Waals surface area contributed by atoms with E-state index in [9.17, 15) is 5.11 Å². The van der Waals surface area contributed by atoms with Gasteiger partial charge in [-0.15, -0.1) is 0 Å². The van der Waals surface area contributed by atoms with E-state index in [1.807, 2.05) is 43.3 Å². The van der Waals surface area contributed by atoms with E-state index in [0.717, 1.165) is 39.9 Å². The van der Waals surface area contributed by atoms with E-state index in [0.29, 0.717) is 0 Å². The molecule has 2 aromatic rings. The molecule has 0 spiro atoms. The second kappa shape index (κ2) is 4.99. The molecule has 0 amide bonds. The smallest absolute Gasteiger partial charge is 0.122 e. The second-order valence-corrected chi connectivity index (χ2v) is 5.78. The molecule has 1 aliphatic heterocycles. The quantitative estimate of drug-likeness (QED) is 0.913. The van der Waals surface area contributed by atoms with Crippen molar-refractivity contribution in [2.24, 2.45) is 0 Å². The third-order valence-electron chi connectivity index (χ3n) is 3.57. The Labute approximate surface area is 121 Å². The molecule has 2 aromatic carbocycles. The molecular weight excluding hydrogens is 304 g/mol. The van der Waals surface area contributed by atoms with Crippen LogP contribution in [0.4, 0.5) is 0 Å². The minimum absolute atomic E-state index is 0.594. The monoisotopic (exact) mass is 318 g/mol. The van der Waals surface area contributed by atoms with Gasteiger partial charge in [0, 0.05) is 10.9 Å². The van der Waals surface area contributed by atoms with Crippen LogP contribution in [0.5, 0.6) is 5.75 Å². The largest absolute Gasteiger partial charge is 0.493 e. The summed E-state index contributed by atoms with van der Waals surface area (Å²) in [6.45, 7) is 2.76. The Kier molecular flexibility index (Phi) is 3.33. The molecule has 1 atom stereocenters. The Morgan fingerprint density at radius 2 is 2.05 bits per heavy atom. The highest BCUT2D eigenvalue weighted by Gasteiger charge is 2.17. The second-order valence-electron chi connectivity index (χ2n) is 4.87. The fraction of sp³-hybridized carbons (Fsp3) is 0.250. The number of rotatable bonds is 2. The molecule has 0 aliphatic carbocycles. The van der Waals surface area contributed by atoms with Crippen molar-refractivity contribution in [2.75, 3.05) is 6.61 Å². The minimum Gasteiger partial charge on any atom is -0.493 e. The molecule has 1 N–H and O–H groups in total. The average molecular weight is 319 g/mol. The van der Waals surface area contributed by atoms with Gasteiger partial charge in [-0.25, -0.2) is 0 Å². The van der Waals surface area contributed by atoms with Gasteiger partial charge in [0.05, 0.1) is 6.61 Å². The normalized spacial score (nSPS) is 14.9. The van der Waals surface area contributed by atoms with Crippen LogP contribution in [0.3, 0.4) is 0 Å². The summed E-state index contributed by atoms with van der Waals surface area (Å²) in [5.41, 5.74) is 4.13. The van der Waals surface area contributed by atoms with Gasteiger partial charge < -0.3 is 9.84 Å². The molecule has 0 bridgehead atoms. The topological polar surface area (TPSA) is 29.5 Å². The summed E-state index contributed by atoms with van der Waals surface area (Å²) in [5, 5.41) is 10.6. The molecule has 1 unspecified atom stereocenters. The van der Waals surface area contributed by atoms with E-state index in [2.05, 4.69) is 15.9 Å². The standard InChI is InChI=1S/C16H15BrO2/c1-10-2-4-13(17)9-14(10)16(18)12-3-5-15-11(8-12)6-7-19-15/h2-5,8-9,16,18H,6-7H2,1H3. The maximum atomic E-state index is 10.6. The third kappa shape index (κ3) is 2.40. The highest BCUT2D eigenvalue weighted by Crippen LogP contribution is 2.32. The third-order valence-corrected chi connectivity index (χ3v) is 4.06. The van der Waals surface area contributed by atoms with Gasteiger partial charge in [0.25, 0.3) is 0 Å². The molecule has 0 fully saturated rings. The number of aryl methyl sites for hydroxylation is 1. The van der Waals surface area contributed by atoms with Gasteiger partial charge in [-0.3, -0.25) is 0 Å². The van der Waals surface area contributed by atoms with E-state index in [-0.39, 0.29) is 0 Å². The van der Waals surface area contributed by atoms with Crippen molar-refractivity contribution in [1.82, 2.24) is 0 Å². The summed E-state index contributed by atoms with van der Waals surface area (Å²) in [6.07, 6.45) is 0.330. The molecule has 0 aromatic heterocycles. The fourth-order valence-electron chi connectivity index (χ4n) is 2.46. The molecule has 98 valence electrons. The lowest BCUT2D eigenvalue weighted by Gasteiger charge is -2.15. The first-order chi connectivity index (χ1) is 9.15. The first-order valence-corrected chi connectivity index (χ1v) is 7.14. The van der Waals surface area contributed by atoms with Gasteiger partial charge in [0.15, 0.2) is 0 Å². The van der Waals surface area contributed by atoms with Crippen LogP contribution in [-0.4, -0.2) is 11.7 Å². The lowest BCUT2D eigenvalue weighted by molar-refractivity contribution is 0.219. The van der Waals surface area contributed by atoms with Crippen LogP contribution in [0.1, 0.15) is 28.4 Å². The van der Waals surface area contributed by atoms with Crippen molar-refractivity contribution in [3.05, 3.63) is 63.1 Å². The lowest BCUT2D eigenvalue weighted by Crippen LogP contribution is -2.02. The van der Waals surface area contributed by atoms with E-state index >= 15 is 0 Å². The number of hydrogen-bond acceptors (Lipinski definition) is 2. The van der Waals surface area contributed by atoms with E-state index in [4.69, 9.17) is 4.74 Å². The molecule has 2 nitrogen and oxygen atoms in total. The van der Waals surface area contributed by atoms with Crippen molar-refractivity contribution >= 4 is 15.9 Å². The van der Waals surface area contributed by atoms with E-state index in [1.54, 1.807) is 0 Å². The van der Waals surface area contributed by atoms with Crippen LogP contribution in [0.2, 0.25) is 0 Å². The van der Waals surface area contributed by atoms with Crippen molar-refractivity contribution < 1.29 is 9.84 Å². The van der Waals surface area contributed by atoms with Gasteiger partial charge in [0.2, 0.25) is 0 Å². The molecular formula is C16H15BrO2. The predicted molar refractivity (Wildman–Crippen MR) is 78.6 cm³/mol. The number of aliphatic hydroxyl groups is 1. The lowest BCUT2D eigenvalue weighted by atomic mass is 9.96. The summed E-state index contributed by atoms with van der Waals surface area (Å²) >= 11 is 3.46. The maximum absolute atomic E-state index is 10.6. The summed E-state index contributed by atoms with van der Waals surface area (Å²) in [5.74, 6) is 0.946. The molecule has 0 radical (unpaired) electrons. The van der Waals surface area contributed by atoms with E-state index < -0.39 is 6.10 Å². The number of fused-ring (bicyclic) bond motifs is 1. The van der Waals surface area contributed by atoms with Crippen LogP contribution in [0, 0.1) is 6.92 Å². The zero-order chi connectivity index (χ0) is 13.4. The van der Waals surface area contributed by atoms with Gasteiger partial charge in [-0.05, 0) is 53.4 Å². The van der Waals surface area contributed by atoms with Crippen molar-refractivity contribution in [3.63, 3.8) is 0 Å². The van der Waals surface area contributed by atoms with Crippen LogP contribution in [0.15, 0.2) is 40.9 Å². The molecule has 19 heavy (non-hydrogen) atoms. The Hall–Kier alpha value is -1.32. The summed E-state index contributed by atoms with van der Waals surface area (Å²) in [7, 11) is 0. The predicted octanol–water partition coefficient (Wildman–Crippen LogP) is 3.77. The Bertz CT molecular complexity index is 622. The molecule has 3 heteroatoms. The fourth-order valence-corrected chi connectivity index (χ4v) is 2.84. The van der Waals surface area contributed by atoms with Crippen molar-refractivity contribution in [1.29, 1.82) is 0 Å².